The fraction of sp³-hybridized carbons (Fsp3) is 0.588. The molecule has 1 N–H and O–H groups in total. The highest BCUT2D eigenvalue weighted by Crippen LogP contribution is 2.16. The molecule has 1 aliphatic rings. The highest BCUT2D eigenvalue weighted by molar-refractivity contribution is 5.80. The quantitative estimate of drug-likeness (QED) is 0.682. The van der Waals surface area contributed by atoms with E-state index in [4.69, 9.17) is 4.99 Å². The van der Waals surface area contributed by atoms with Gasteiger partial charge in [0.05, 0.1) is 0 Å². The molecule has 116 valence electrons. The third-order valence-corrected chi connectivity index (χ3v) is 3.97. The molecule has 1 aromatic rings. The first kappa shape index (κ1) is 15.8. The third kappa shape index (κ3) is 5.03. The molecule has 21 heavy (non-hydrogen) atoms. The molecule has 1 heterocycles. The van der Waals surface area contributed by atoms with Crippen molar-refractivity contribution in [2.45, 2.75) is 33.1 Å². The van der Waals surface area contributed by atoms with E-state index in [-0.39, 0.29) is 5.82 Å². The van der Waals surface area contributed by atoms with Crippen LogP contribution in [0.1, 0.15) is 32.3 Å². The Balaban J connectivity index is 1.91. The molecule has 4 heteroatoms. The van der Waals surface area contributed by atoms with Crippen LogP contribution in [0.4, 0.5) is 4.39 Å². The first-order valence-corrected chi connectivity index (χ1v) is 7.96. The van der Waals surface area contributed by atoms with Crippen molar-refractivity contribution in [3.05, 3.63) is 35.6 Å². The van der Waals surface area contributed by atoms with Crippen LogP contribution in [-0.4, -0.2) is 37.0 Å². The minimum Gasteiger partial charge on any atom is -0.357 e. The van der Waals surface area contributed by atoms with Crippen LogP contribution in [-0.2, 0) is 6.42 Å². The van der Waals surface area contributed by atoms with Gasteiger partial charge in [-0.3, -0.25) is 4.99 Å². The largest absolute Gasteiger partial charge is 0.357 e. The SMILES string of the molecule is CCNC(=NCCc1cccc(F)c1)N1CCC(C)CC1. The summed E-state index contributed by atoms with van der Waals surface area (Å²) in [6.07, 6.45) is 3.24. The number of hydrogen-bond acceptors (Lipinski definition) is 1. The van der Waals surface area contributed by atoms with Crippen molar-refractivity contribution in [1.29, 1.82) is 0 Å². The van der Waals surface area contributed by atoms with Crippen LogP contribution in [0, 0.1) is 11.7 Å². The van der Waals surface area contributed by atoms with Crippen LogP contribution in [0.25, 0.3) is 0 Å². The topological polar surface area (TPSA) is 27.6 Å². The van der Waals surface area contributed by atoms with Gasteiger partial charge >= 0.3 is 0 Å². The predicted molar refractivity (Wildman–Crippen MR) is 86.1 cm³/mol. The van der Waals surface area contributed by atoms with Gasteiger partial charge in [0.25, 0.3) is 0 Å². The van der Waals surface area contributed by atoms with Gasteiger partial charge < -0.3 is 10.2 Å². The number of hydrogen-bond donors (Lipinski definition) is 1. The van der Waals surface area contributed by atoms with Gasteiger partial charge in [0.15, 0.2) is 5.96 Å². The number of halogens is 1. The maximum absolute atomic E-state index is 13.1. The molecule has 1 fully saturated rings. The standard InChI is InChI=1S/C17H26FN3/c1-3-19-17(21-11-8-14(2)9-12-21)20-10-7-15-5-4-6-16(18)13-15/h4-6,13-14H,3,7-12H2,1-2H3,(H,19,20). The van der Waals surface area contributed by atoms with Crippen LogP contribution < -0.4 is 5.32 Å². The Bertz CT molecular complexity index is 465. The second kappa shape index (κ2) is 8.01. The lowest BCUT2D eigenvalue weighted by molar-refractivity contribution is 0.273. The first-order valence-electron chi connectivity index (χ1n) is 7.96. The molecule has 0 aromatic heterocycles. The minimum atomic E-state index is -0.173. The number of aliphatic imine (C=N–C) groups is 1. The van der Waals surface area contributed by atoms with Gasteiger partial charge in [-0.15, -0.1) is 0 Å². The highest BCUT2D eigenvalue weighted by atomic mass is 19.1. The molecule has 1 aromatic carbocycles. The second-order valence-corrected chi connectivity index (χ2v) is 5.79. The summed E-state index contributed by atoms with van der Waals surface area (Å²) in [5.74, 6) is 1.64. The zero-order valence-electron chi connectivity index (χ0n) is 13.1. The summed E-state index contributed by atoms with van der Waals surface area (Å²) in [6.45, 7) is 8.13. The maximum atomic E-state index is 13.1. The van der Waals surface area contributed by atoms with E-state index in [0.717, 1.165) is 43.5 Å². The predicted octanol–water partition coefficient (Wildman–Crippen LogP) is 3.07. The van der Waals surface area contributed by atoms with Gasteiger partial charge in [-0.05, 0) is 49.8 Å². The summed E-state index contributed by atoms with van der Waals surface area (Å²) in [5.41, 5.74) is 1.00. The van der Waals surface area contributed by atoms with E-state index in [1.54, 1.807) is 12.1 Å². The summed E-state index contributed by atoms with van der Waals surface area (Å²) < 4.78 is 13.1. The van der Waals surface area contributed by atoms with Gasteiger partial charge in [0, 0.05) is 26.2 Å². The van der Waals surface area contributed by atoms with Crippen molar-refractivity contribution in [3.8, 4) is 0 Å². The Morgan fingerprint density at radius 2 is 2.14 bits per heavy atom. The second-order valence-electron chi connectivity index (χ2n) is 5.79. The van der Waals surface area contributed by atoms with Gasteiger partial charge in [0.2, 0.25) is 0 Å². The Kier molecular flexibility index (Phi) is 6.03. The summed E-state index contributed by atoms with van der Waals surface area (Å²) in [7, 11) is 0. The van der Waals surface area contributed by atoms with E-state index in [0.29, 0.717) is 6.54 Å². The Morgan fingerprint density at radius 3 is 2.81 bits per heavy atom. The molecule has 2 rings (SSSR count). The van der Waals surface area contributed by atoms with Crippen molar-refractivity contribution in [2.75, 3.05) is 26.2 Å². The van der Waals surface area contributed by atoms with E-state index < -0.39 is 0 Å². The van der Waals surface area contributed by atoms with E-state index in [1.807, 2.05) is 6.07 Å². The monoisotopic (exact) mass is 291 g/mol. The molecule has 3 nitrogen and oxygen atoms in total. The van der Waals surface area contributed by atoms with E-state index in [9.17, 15) is 4.39 Å². The van der Waals surface area contributed by atoms with Crippen LogP contribution in [0.2, 0.25) is 0 Å². The minimum absolute atomic E-state index is 0.173. The number of rotatable bonds is 4. The molecule has 0 radical (unpaired) electrons. The fourth-order valence-electron chi connectivity index (χ4n) is 2.63. The average Bonchev–Trinajstić information content (AvgIpc) is 2.47. The zero-order valence-corrected chi connectivity index (χ0v) is 13.1. The molecule has 0 atom stereocenters. The normalized spacial score (nSPS) is 17.1. The summed E-state index contributed by atoms with van der Waals surface area (Å²) in [6, 6.07) is 6.77. The van der Waals surface area contributed by atoms with E-state index in [1.165, 1.54) is 18.9 Å². The lowest BCUT2D eigenvalue weighted by Crippen LogP contribution is -2.45. The van der Waals surface area contributed by atoms with Crippen LogP contribution in [0.5, 0.6) is 0 Å². The smallest absolute Gasteiger partial charge is 0.193 e. The fourth-order valence-corrected chi connectivity index (χ4v) is 2.63. The Labute approximate surface area is 127 Å². The molecule has 0 amide bonds. The highest BCUT2D eigenvalue weighted by Gasteiger charge is 2.18. The molecule has 1 aliphatic heterocycles. The van der Waals surface area contributed by atoms with Crippen molar-refractivity contribution >= 4 is 5.96 Å². The number of piperidine rings is 1. The first-order chi connectivity index (χ1) is 10.2. The van der Waals surface area contributed by atoms with Gasteiger partial charge in [-0.2, -0.15) is 0 Å². The number of nitrogens with one attached hydrogen (secondary N) is 1. The van der Waals surface area contributed by atoms with Crippen molar-refractivity contribution in [1.82, 2.24) is 10.2 Å². The molecule has 0 bridgehead atoms. The molecule has 1 saturated heterocycles. The number of guanidine groups is 1. The van der Waals surface area contributed by atoms with Crippen LogP contribution >= 0.6 is 0 Å². The number of benzene rings is 1. The van der Waals surface area contributed by atoms with Crippen molar-refractivity contribution < 1.29 is 4.39 Å². The summed E-state index contributed by atoms with van der Waals surface area (Å²) in [5, 5.41) is 3.37. The average molecular weight is 291 g/mol. The lowest BCUT2D eigenvalue weighted by Gasteiger charge is -2.33. The van der Waals surface area contributed by atoms with E-state index in [2.05, 4.69) is 24.1 Å². The zero-order chi connectivity index (χ0) is 15.1. The summed E-state index contributed by atoms with van der Waals surface area (Å²) >= 11 is 0. The van der Waals surface area contributed by atoms with Gasteiger partial charge in [-0.25, -0.2) is 4.39 Å². The maximum Gasteiger partial charge on any atom is 0.193 e. The molecule has 0 saturated carbocycles. The van der Waals surface area contributed by atoms with Crippen molar-refractivity contribution in [2.24, 2.45) is 10.9 Å². The third-order valence-electron chi connectivity index (χ3n) is 3.97. The number of nitrogens with zero attached hydrogens (tertiary/aromatic N) is 2. The Hall–Kier alpha value is -1.58. The van der Waals surface area contributed by atoms with Gasteiger partial charge in [0.1, 0.15) is 5.82 Å². The molecular formula is C17H26FN3. The van der Waals surface area contributed by atoms with Gasteiger partial charge in [-0.1, -0.05) is 19.1 Å². The Morgan fingerprint density at radius 1 is 1.38 bits per heavy atom. The lowest BCUT2D eigenvalue weighted by atomic mass is 10.00. The molecule has 0 aliphatic carbocycles. The molecule has 0 unspecified atom stereocenters. The number of likely N-dealkylation sites (tertiary alicyclic amines) is 1. The summed E-state index contributed by atoms with van der Waals surface area (Å²) in [4.78, 5) is 7.04. The van der Waals surface area contributed by atoms with Crippen LogP contribution in [0.15, 0.2) is 29.3 Å². The van der Waals surface area contributed by atoms with Crippen molar-refractivity contribution in [3.63, 3.8) is 0 Å². The van der Waals surface area contributed by atoms with Crippen LogP contribution in [0.3, 0.4) is 0 Å². The van der Waals surface area contributed by atoms with E-state index >= 15 is 0 Å². The molecular weight excluding hydrogens is 265 g/mol. The molecule has 0 spiro atoms.